The summed E-state index contributed by atoms with van der Waals surface area (Å²) in [6.07, 6.45) is 5.11. The molecule has 0 saturated carbocycles. The van der Waals surface area contributed by atoms with Crippen molar-refractivity contribution in [3.63, 3.8) is 0 Å². The summed E-state index contributed by atoms with van der Waals surface area (Å²) in [5, 5.41) is 9.67. The maximum atomic E-state index is 10.9. The second-order valence-corrected chi connectivity index (χ2v) is 5.79. The molecular formula is C12H21NO2. The SMILES string of the molecule is CC(C)(C=O)CN1C2CCC1CC(O)C2. The number of piperidine rings is 1. The molecule has 2 unspecified atom stereocenters. The summed E-state index contributed by atoms with van der Waals surface area (Å²) in [5.41, 5.74) is -0.247. The van der Waals surface area contributed by atoms with Crippen LogP contribution in [0, 0.1) is 5.41 Å². The van der Waals surface area contributed by atoms with Crippen molar-refractivity contribution in [1.82, 2.24) is 4.90 Å². The number of hydrogen-bond donors (Lipinski definition) is 1. The molecule has 1 N–H and O–H groups in total. The first kappa shape index (κ1) is 11.1. The molecule has 2 heterocycles. The van der Waals surface area contributed by atoms with Gasteiger partial charge in [-0.05, 0) is 25.7 Å². The van der Waals surface area contributed by atoms with Gasteiger partial charge in [0.15, 0.2) is 0 Å². The quantitative estimate of drug-likeness (QED) is 0.713. The molecule has 2 bridgehead atoms. The fourth-order valence-corrected chi connectivity index (χ4v) is 3.01. The van der Waals surface area contributed by atoms with Gasteiger partial charge in [-0.2, -0.15) is 0 Å². The summed E-state index contributed by atoms with van der Waals surface area (Å²) in [6, 6.07) is 1.02. The van der Waals surface area contributed by atoms with E-state index < -0.39 is 0 Å². The highest BCUT2D eigenvalue weighted by Gasteiger charge is 2.41. The van der Waals surface area contributed by atoms with E-state index in [9.17, 15) is 9.90 Å². The smallest absolute Gasteiger partial charge is 0.126 e. The largest absolute Gasteiger partial charge is 0.393 e. The average Bonchev–Trinajstić information content (AvgIpc) is 2.42. The lowest BCUT2D eigenvalue weighted by Crippen LogP contribution is -2.48. The van der Waals surface area contributed by atoms with Gasteiger partial charge in [0.25, 0.3) is 0 Å². The molecular weight excluding hydrogens is 190 g/mol. The van der Waals surface area contributed by atoms with Gasteiger partial charge >= 0.3 is 0 Å². The van der Waals surface area contributed by atoms with E-state index >= 15 is 0 Å². The minimum absolute atomic E-state index is 0.113. The number of rotatable bonds is 3. The van der Waals surface area contributed by atoms with Crippen LogP contribution in [0.2, 0.25) is 0 Å². The zero-order chi connectivity index (χ0) is 11.1. The molecule has 3 heteroatoms. The van der Waals surface area contributed by atoms with E-state index in [1.807, 2.05) is 13.8 Å². The van der Waals surface area contributed by atoms with E-state index in [-0.39, 0.29) is 11.5 Å². The minimum Gasteiger partial charge on any atom is -0.393 e. The van der Waals surface area contributed by atoms with Gasteiger partial charge in [0.2, 0.25) is 0 Å². The molecule has 2 rings (SSSR count). The maximum Gasteiger partial charge on any atom is 0.126 e. The van der Waals surface area contributed by atoms with E-state index in [4.69, 9.17) is 0 Å². The number of carbonyl (C=O) groups is 1. The third-order valence-corrected chi connectivity index (χ3v) is 3.77. The van der Waals surface area contributed by atoms with Gasteiger partial charge in [0.05, 0.1) is 6.10 Å². The topological polar surface area (TPSA) is 40.5 Å². The molecule has 2 saturated heterocycles. The lowest BCUT2D eigenvalue weighted by atomic mass is 9.91. The van der Waals surface area contributed by atoms with Gasteiger partial charge in [-0.15, -0.1) is 0 Å². The van der Waals surface area contributed by atoms with Crippen LogP contribution in [0.3, 0.4) is 0 Å². The van der Waals surface area contributed by atoms with Crippen LogP contribution in [0.5, 0.6) is 0 Å². The molecule has 15 heavy (non-hydrogen) atoms. The second-order valence-electron chi connectivity index (χ2n) is 5.79. The van der Waals surface area contributed by atoms with E-state index in [0.717, 1.165) is 25.7 Å². The van der Waals surface area contributed by atoms with Gasteiger partial charge in [-0.3, -0.25) is 4.90 Å². The van der Waals surface area contributed by atoms with Crippen molar-refractivity contribution >= 4 is 6.29 Å². The first-order chi connectivity index (χ1) is 7.02. The monoisotopic (exact) mass is 211 g/mol. The maximum absolute atomic E-state index is 10.9. The average molecular weight is 211 g/mol. The molecule has 2 aliphatic rings. The summed E-state index contributed by atoms with van der Waals surface area (Å²) in [7, 11) is 0. The van der Waals surface area contributed by atoms with Crippen LogP contribution >= 0.6 is 0 Å². The highest BCUT2D eigenvalue weighted by atomic mass is 16.3. The van der Waals surface area contributed by atoms with Crippen LogP contribution in [-0.2, 0) is 4.79 Å². The molecule has 86 valence electrons. The third-order valence-electron chi connectivity index (χ3n) is 3.77. The van der Waals surface area contributed by atoms with Crippen LogP contribution in [0.1, 0.15) is 39.5 Å². The summed E-state index contributed by atoms with van der Waals surface area (Å²) < 4.78 is 0. The summed E-state index contributed by atoms with van der Waals surface area (Å²) in [5.74, 6) is 0. The molecule has 0 spiro atoms. The third kappa shape index (κ3) is 2.23. The lowest BCUT2D eigenvalue weighted by Gasteiger charge is -2.40. The molecule has 2 atom stereocenters. The molecule has 0 radical (unpaired) electrons. The highest BCUT2D eigenvalue weighted by molar-refractivity contribution is 5.58. The van der Waals surface area contributed by atoms with Crippen molar-refractivity contribution in [2.24, 2.45) is 5.41 Å². The van der Waals surface area contributed by atoms with E-state index in [1.165, 1.54) is 12.8 Å². The zero-order valence-electron chi connectivity index (χ0n) is 9.65. The highest BCUT2D eigenvalue weighted by Crippen LogP contribution is 2.37. The van der Waals surface area contributed by atoms with Gasteiger partial charge in [-0.25, -0.2) is 0 Å². The van der Waals surface area contributed by atoms with Crippen LogP contribution in [0.4, 0.5) is 0 Å². The Morgan fingerprint density at radius 1 is 1.33 bits per heavy atom. The normalized spacial score (nSPS) is 36.9. The number of aldehydes is 1. The molecule has 2 aliphatic heterocycles. The van der Waals surface area contributed by atoms with Crippen molar-refractivity contribution in [3.8, 4) is 0 Å². The Morgan fingerprint density at radius 3 is 2.33 bits per heavy atom. The molecule has 0 amide bonds. The van der Waals surface area contributed by atoms with Crippen LogP contribution in [-0.4, -0.2) is 41.0 Å². The van der Waals surface area contributed by atoms with Crippen molar-refractivity contribution in [3.05, 3.63) is 0 Å². The molecule has 2 fully saturated rings. The van der Waals surface area contributed by atoms with Crippen LogP contribution in [0.15, 0.2) is 0 Å². The summed E-state index contributed by atoms with van der Waals surface area (Å²) >= 11 is 0. The number of aliphatic hydroxyl groups excluding tert-OH is 1. The summed E-state index contributed by atoms with van der Waals surface area (Å²) in [4.78, 5) is 13.4. The fourth-order valence-electron chi connectivity index (χ4n) is 3.01. The molecule has 0 aliphatic carbocycles. The summed E-state index contributed by atoms with van der Waals surface area (Å²) in [6.45, 7) is 4.83. The van der Waals surface area contributed by atoms with Crippen molar-refractivity contribution in [2.45, 2.75) is 57.7 Å². The Labute approximate surface area is 91.5 Å². The van der Waals surface area contributed by atoms with Gasteiger partial charge in [0, 0.05) is 24.0 Å². The molecule has 3 nitrogen and oxygen atoms in total. The van der Waals surface area contributed by atoms with Crippen molar-refractivity contribution < 1.29 is 9.90 Å². The van der Waals surface area contributed by atoms with Crippen molar-refractivity contribution in [1.29, 1.82) is 0 Å². The number of hydrogen-bond acceptors (Lipinski definition) is 3. The van der Waals surface area contributed by atoms with Gasteiger partial charge in [0.1, 0.15) is 6.29 Å². The Balaban J connectivity index is 2.02. The van der Waals surface area contributed by atoms with E-state index in [1.54, 1.807) is 0 Å². The van der Waals surface area contributed by atoms with Gasteiger partial charge in [-0.1, -0.05) is 13.8 Å². The van der Waals surface area contributed by atoms with E-state index in [0.29, 0.717) is 12.1 Å². The standard InChI is InChI=1S/C12H21NO2/c1-12(2,8-14)7-13-9-3-4-10(13)6-11(15)5-9/h8-11,15H,3-7H2,1-2H3. The number of carbonyl (C=O) groups excluding carboxylic acids is 1. The first-order valence-corrected chi connectivity index (χ1v) is 5.92. The number of fused-ring (bicyclic) bond motifs is 2. The zero-order valence-corrected chi connectivity index (χ0v) is 9.65. The van der Waals surface area contributed by atoms with Crippen LogP contribution < -0.4 is 0 Å². The lowest BCUT2D eigenvalue weighted by molar-refractivity contribution is -0.116. The predicted octanol–water partition coefficient (Wildman–Crippen LogP) is 1.20. The van der Waals surface area contributed by atoms with Gasteiger partial charge < -0.3 is 9.90 Å². The fraction of sp³-hybridized carbons (Fsp3) is 0.917. The predicted molar refractivity (Wildman–Crippen MR) is 58.6 cm³/mol. The Morgan fingerprint density at radius 2 is 1.87 bits per heavy atom. The first-order valence-electron chi connectivity index (χ1n) is 5.92. The molecule has 0 aromatic rings. The van der Waals surface area contributed by atoms with Crippen LogP contribution in [0.25, 0.3) is 0 Å². The Bertz CT molecular complexity index is 238. The molecule has 0 aromatic carbocycles. The number of aliphatic hydroxyl groups is 1. The van der Waals surface area contributed by atoms with E-state index in [2.05, 4.69) is 4.90 Å². The minimum atomic E-state index is -0.247. The van der Waals surface area contributed by atoms with Crippen molar-refractivity contribution in [2.75, 3.05) is 6.54 Å². The molecule has 0 aromatic heterocycles. The number of nitrogens with zero attached hydrogens (tertiary/aromatic N) is 1. The Kier molecular flexibility index (Phi) is 2.86. The Hall–Kier alpha value is -0.410. The second kappa shape index (κ2) is 3.87.